The first-order valence-electron chi connectivity index (χ1n) is 18.5. The predicted molar refractivity (Wildman–Crippen MR) is 227 cm³/mol. The summed E-state index contributed by atoms with van der Waals surface area (Å²) in [5, 5.41) is 6.91. The number of oxazole rings is 1. The molecule has 0 aliphatic heterocycles. The Kier molecular flexibility index (Phi) is 7.14. The lowest BCUT2D eigenvalue weighted by atomic mass is 9.99. The van der Waals surface area contributed by atoms with E-state index < -0.39 is 0 Å². The lowest BCUT2D eigenvalue weighted by Crippen LogP contribution is -2.11. The summed E-state index contributed by atoms with van der Waals surface area (Å²) in [6.45, 7) is 0. The summed E-state index contributed by atoms with van der Waals surface area (Å²) in [7, 11) is 0. The molecule has 0 aliphatic rings. The summed E-state index contributed by atoms with van der Waals surface area (Å²) in [4.78, 5) is 7.29. The summed E-state index contributed by atoms with van der Waals surface area (Å²) >= 11 is 0. The molecule has 0 saturated carbocycles. The van der Waals surface area contributed by atoms with E-state index in [1.807, 2.05) is 42.5 Å². The van der Waals surface area contributed by atoms with Crippen molar-refractivity contribution in [1.29, 1.82) is 0 Å². The van der Waals surface area contributed by atoms with Gasteiger partial charge in [-0.15, -0.1) is 0 Å². The van der Waals surface area contributed by atoms with Gasteiger partial charge in [-0.2, -0.15) is 0 Å². The van der Waals surface area contributed by atoms with E-state index >= 15 is 0 Å². The van der Waals surface area contributed by atoms with Gasteiger partial charge < -0.3 is 13.7 Å². The van der Waals surface area contributed by atoms with Crippen LogP contribution in [0.15, 0.2) is 203 Å². The van der Waals surface area contributed by atoms with Crippen LogP contribution in [0.5, 0.6) is 0 Å². The van der Waals surface area contributed by atoms with Crippen LogP contribution in [0.2, 0.25) is 0 Å². The van der Waals surface area contributed by atoms with Gasteiger partial charge >= 0.3 is 0 Å². The minimum Gasteiger partial charge on any atom is -0.456 e. The van der Waals surface area contributed by atoms with Gasteiger partial charge in [-0.25, -0.2) is 4.98 Å². The Morgan fingerprint density at radius 3 is 1.87 bits per heavy atom. The maximum Gasteiger partial charge on any atom is 0.227 e. The van der Waals surface area contributed by atoms with Crippen LogP contribution < -0.4 is 4.90 Å². The molecule has 0 unspecified atom stereocenters. The average Bonchev–Trinajstić information content (AvgIpc) is 3.86. The van der Waals surface area contributed by atoms with E-state index in [0.29, 0.717) is 5.89 Å². The number of aromatic nitrogens is 1. The summed E-state index contributed by atoms with van der Waals surface area (Å²) in [6.07, 6.45) is 0. The number of hydrogen-bond acceptors (Lipinski definition) is 4. The topological polar surface area (TPSA) is 42.4 Å². The molecule has 0 fully saturated rings. The molecule has 0 N–H and O–H groups in total. The first kappa shape index (κ1) is 31.1. The standard InChI is InChI=1S/C51H32N2O2/c1-3-11-34(12-4-1)42-17-9-10-18-45(42)53(40-27-23-36-20-19-35-13-7-8-16-41(35)44(36)32-40)39-25-21-33(22-26-39)38-24-28-43-48(31-38)54-46-29-30-47-50(49(43)46)52-51(55-47)37-14-5-2-6-15-37/h1-32H. The second-order valence-electron chi connectivity index (χ2n) is 13.9. The van der Waals surface area contributed by atoms with E-state index in [4.69, 9.17) is 13.8 Å². The number of anilines is 3. The van der Waals surface area contributed by atoms with E-state index in [9.17, 15) is 0 Å². The molecule has 0 aliphatic carbocycles. The van der Waals surface area contributed by atoms with E-state index in [1.165, 1.54) is 27.1 Å². The van der Waals surface area contributed by atoms with Crippen molar-refractivity contribution in [2.75, 3.05) is 4.90 Å². The zero-order chi connectivity index (χ0) is 36.3. The van der Waals surface area contributed by atoms with Crippen LogP contribution in [0.3, 0.4) is 0 Å². The molecule has 4 nitrogen and oxygen atoms in total. The third-order valence-corrected chi connectivity index (χ3v) is 10.7. The van der Waals surface area contributed by atoms with Gasteiger partial charge in [0.2, 0.25) is 5.89 Å². The highest BCUT2D eigenvalue weighted by molar-refractivity contribution is 6.17. The minimum atomic E-state index is 0.603. The van der Waals surface area contributed by atoms with Crippen molar-refractivity contribution < 1.29 is 8.83 Å². The lowest BCUT2D eigenvalue weighted by Gasteiger charge is -2.28. The van der Waals surface area contributed by atoms with E-state index in [2.05, 4.69) is 157 Å². The third kappa shape index (κ3) is 5.26. The summed E-state index contributed by atoms with van der Waals surface area (Å²) in [5.41, 5.74) is 11.9. The number of rotatable bonds is 6. The van der Waals surface area contributed by atoms with Gasteiger partial charge in [-0.1, -0.05) is 127 Å². The van der Waals surface area contributed by atoms with Crippen LogP contribution >= 0.6 is 0 Å². The molecule has 4 heteroatoms. The van der Waals surface area contributed by atoms with Crippen LogP contribution in [0.1, 0.15) is 0 Å². The van der Waals surface area contributed by atoms with Crippen LogP contribution in [0.25, 0.3) is 88.3 Å². The van der Waals surface area contributed by atoms with Gasteiger partial charge in [0.1, 0.15) is 16.7 Å². The van der Waals surface area contributed by atoms with Gasteiger partial charge in [-0.3, -0.25) is 0 Å². The molecule has 11 rings (SSSR count). The predicted octanol–water partition coefficient (Wildman–Crippen LogP) is 14.5. The van der Waals surface area contributed by atoms with Crippen LogP contribution in [-0.4, -0.2) is 4.98 Å². The van der Waals surface area contributed by atoms with Gasteiger partial charge in [0.05, 0.1) is 11.1 Å². The molecule has 258 valence electrons. The van der Waals surface area contributed by atoms with Crippen molar-refractivity contribution in [3.63, 3.8) is 0 Å². The maximum atomic E-state index is 6.45. The highest BCUT2D eigenvalue weighted by Gasteiger charge is 2.20. The van der Waals surface area contributed by atoms with Crippen molar-refractivity contribution >= 4 is 71.6 Å². The molecule has 11 aromatic rings. The Bertz CT molecular complexity index is 3200. The number of fused-ring (bicyclic) bond motifs is 8. The zero-order valence-electron chi connectivity index (χ0n) is 29.7. The van der Waals surface area contributed by atoms with Crippen molar-refractivity contribution in [3.05, 3.63) is 194 Å². The highest BCUT2D eigenvalue weighted by Crippen LogP contribution is 2.43. The molecule has 0 spiro atoms. The van der Waals surface area contributed by atoms with E-state index in [-0.39, 0.29) is 0 Å². The SMILES string of the molecule is c1ccc(-c2nc3c(ccc4oc5cc(-c6ccc(N(c7ccc8ccc9ccccc9c8c7)c7ccccc7-c7ccccc7)cc6)ccc5c43)o2)cc1. The molecule has 9 aromatic carbocycles. The third-order valence-electron chi connectivity index (χ3n) is 10.7. The van der Waals surface area contributed by atoms with Crippen LogP contribution in [0.4, 0.5) is 17.1 Å². The Balaban J connectivity index is 1.02. The van der Waals surface area contributed by atoms with Crippen LogP contribution in [-0.2, 0) is 0 Å². The first-order chi connectivity index (χ1) is 27.2. The molecule has 0 bridgehead atoms. The van der Waals surface area contributed by atoms with Gasteiger partial charge in [0.15, 0.2) is 5.58 Å². The molecule has 0 atom stereocenters. The summed E-state index contributed by atoms with van der Waals surface area (Å²) in [6, 6.07) is 68.3. The smallest absolute Gasteiger partial charge is 0.227 e. The van der Waals surface area contributed by atoms with E-state index in [1.54, 1.807) is 0 Å². The molecule has 55 heavy (non-hydrogen) atoms. The summed E-state index contributed by atoms with van der Waals surface area (Å²) in [5.74, 6) is 0.603. The average molecular weight is 705 g/mol. The number of hydrogen-bond donors (Lipinski definition) is 0. The van der Waals surface area contributed by atoms with Crippen molar-refractivity contribution in [3.8, 4) is 33.7 Å². The fourth-order valence-electron chi connectivity index (χ4n) is 8.03. The Morgan fingerprint density at radius 1 is 0.382 bits per heavy atom. The Hall–Kier alpha value is -7.43. The molecule has 0 saturated heterocycles. The fraction of sp³-hybridized carbons (Fsp3) is 0. The number of furan rings is 1. The quantitative estimate of drug-likeness (QED) is 0.162. The van der Waals surface area contributed by atoms with Gasteiger partial charge in [0, 0.05) is 27.9 Å². The fourth-order valence-corrected chi connectivity index (χ4v) is 8.03. The largest absolute Gasteiger partial charge is 0.456 e. The minimum absolute atomic E-state index is 0.603. The van der Waals surface area contributed by atoms with Crippen molar-refractivity contribution in [2.24, 2.45) is 0 Å². The number of para-hydroxylation sites is 1. The van der Waals surface area contributed by atoms with E-state index in [0.717, 1.165) is 72.4 Å². The summed E-state index contributed by atoms with van der Waals surface area (Å²) < 4.78 is 12.6. The van der Waals surface area contributed by atoms with Crippen molar-refractivity contribution in [2.45, 2.75) is 0 Å². The molecule has 0 amide bonds. The second kappa shape index (κ2) is 12.6. The molecule has 2 heterocycles. The van der Waals surface area contributed by atoms with Gasteiger partial charge in [0.25, 0.3) is 0 Å². The Labute approximate surface area is 317 Å². The Morgan fingerprint density at radius 2 is 1.04 bits per heavy atom. The van der Waals surface area contributed by atoms with Gasteiger partial charge in [-0.05, 0) is 105 Å². The van der Waals surface area contributed by atoms with Crippen LogP contribution in [0, 0.1) is 0 Å². The molecule has 0 radical (unpaired) electrons. The molecular formula is C51H32N2O2. The molecule has 2 aromatic heterocycles. The maximum absolute atomic E-state index is 6.45. The second-order valence-corrected chi connectivity index (χ2v) is 13.9. The molecular weight excluding hydrogens is 673 g/mol. The monoisotopic (exact) mass is 704 g/mol. The highest BCUT2D eigenvalue weighted by atomic mass is 16.4. The lowest BCUT2D eigenvalue weighted by molar-refractivity contribution is 0.619. The first-order valence-corrected chi connectivity index (χ1v) is 18.5. The zero-order valence-corrected chi connectivity index (χ0v) is 29.7. The number of nitrogens with zero attached hydrogens (tertiary/aromatic N) is 2. The number of benzene rings is 9. The van der Waals surface area contributed by atoms with Crippen molar-refractivity contribution in [1.82, 2.24) is 4.98 Å². The normalized spacial score (nSPS) is 11.6.